The molecule has 0 spiro atoms. The van der Waals surface area contributed by atoms with E-state index < -0.39 is 9.84 Å². The third-order valence-corrected chi connectivity index (χ3v) is 5.96. The van der Waals surface area contributed by atoms with E-state index in [4.69, 9.17) is 5.73 Å². The maximum atomic E-state index is 11.5. The molecule has 0 saturated heterocycles. The van der Waals surface area contributed by atoms with E-state index in [1.165, 1.54) is 6.26 Å². The maximum absolute atomic E-state index is 11.5. The van der Waals surface area contributed by atoms with Crippen molar-refractivity contribution in [3.63, 3.8) is 0 Å². The summed E-state index contributed by atoms with van der Waals surface area (Å²) in [6.07, 6.45) is 2.88. The second-order valence-electron chi connectivity index (χ2n) is 5.20. The predicted molar refractivity (Wildman–Crippen MR) is 87.1 cm³/mol. The smallest absolute Gasteiger partial charge is 0.175 e. The van der Waals surface area contributed by atoms with Crippen molar-refractivity contribution in [2.75, 3.05) is 6.26 Å². The number of hydrogen-bond donors (Lipinski definition) is 1. The Morgan fingerprint density at radius 2 is 1.76 bits per heavy atom. The van der Waals surface area contributed by atoms with E-state index in [1.807, 2.05) is 5.38 Å². The molecule has 1 aromatic carbocycles. The highest BCUT2D eigenvalue weighted by atomic mass is 32.2. The molecule has 4 nitrogen and oxygen atoms in total. The molecule has 6 heteroatoms. The summed E-state index contributed by atoms with van der Waals surface area (Å²) in [7, 11) is -3.17. The van der Waals surface area contributed by atoms with Crippen LogP contribution in [0.4, 0.5) is 0 Å². The Morgan fingerprint density at radius 1 is 1.19 bits per heavy atom. The van der Waals surface area contributed by atoms with Crippen molar-refractivity contribution in [2.45, 2.75) is 37.1 Å². The van der Waals surface area contributed by atoms with Gasteiger partial charge in [-0.2, -0.15) is 0 Å². The molecule has 114 valence electrons. The summed E-state index contributed by atoms with van der Waals surface area (Å²) in [6.45, 7) is 4.12. The van der Waals surface area contributed by atoms with E-state index >= 15 is 0 Å². The van der Waals surface area contributed by atoms with Crippen molar-refractivity contribution < 1.29 is 8.42 Å². The first-order valence-corrected chi connectivity index (χ1v) is 9.62. The largest absolute Gasteiger partial charge is 0.319 e. The Labute approximate surface area is 130 Å². The Balaban J connectivity index is 2.34. The van der Waals surface area contributed by atoms with E-state index in [2.05, 4.69) is 18.8 Å². The van der Waals surface area contributed by atoms with Crippen LogP contribution in [0.3, 0.4) is 0 Å². The van der Waals surface area contributed by atoms with Crippen molar-refractivity contribution in [1.82, 2.24) is 4.98 Å². The zero-order valence-corrected chi connectivity index (χ0v) is 14.1. The lowest BCUT2D eigenvalue weighted by Crippen LogP contribution is -2.34. The Bertz CT molecular complexity index is 714. The highest BCUT2D eigenvalue weighted by Gasteiger charge is 2.26. The number of nitrogens with zero attached hydrogens (tertiary/aromatic N) is 1. The number of hydrogen-bond acceptors (Lipinski definition) is 5. The summed E-state index contributed by atoms with van der Waals surface area (Å²) in [5, 5.41) is 2.90. The van der Waals surface area contributed by atoms with Gasteiger partial charge in [0.25, 0.3) is 0 Å². The van der Waals surface area contributed by atoms with Crippen LogP contribution in [0.15, 0.2) is 34.5 Å². The van der Waals surface area contributed by atoms with Crippen LogP contribution >= 0.6 is 11.3 Å². The molecule has 2 aromatic rings. The van der Waals surface area contributed by atoms with Gasteiger partial charge in [0, 0.05) is 17.2 Å². The van der Waals surface area contributed by atoms with Crippen LogP contribution in [-0.4, -0.2) is 19.7 Å². The van der Waals surface area contributed by atoms with Gasteiger partial charge < -0.3 is 5.73 Å². The van der Waals surface area contributed by atoms with Gasteiger partial charge in [0.05, 0.1) is 16.1 Å². The van der Waals surface area contributed by atoms with Crippen LogP contribution < -0.4 is 5.73 Å². The molecule has 0 bridgehead atoms. The molecule has 0 aliphatic heterocycles. The minimum atomic E-state index is -3.17. The number of thiazole rings is 1. The molecule has 0 fully saturated rings. The Morgan fingerprint density at radius 3 is 2.24 bits per heavy atom. The fraction of sp³-hybridized carbons (Fsp3) is 0.400. The standard InChI is InChI=1S/C15H20N2O2S2/c1-4-15(16,5-2)14-17-13(10-20-14)11-6-8-12(9-7-11)21(3,18)19/h6-10H,4-5,16H2,1-3H3. The van der Waals surface area contributed by atoms with E-state index in [9.17, 15) is 8.42 Å². The topological polar surface area (TPSA) is 73.0 Å². The van der Waals surface area contributed by atoms with Gasteiger partial charge in [0.15, 0.2) is 9.84 Å². The van der Waals surface area contributed by atoms with Crippen LogP contribution in [0.1, 0.15) is 31.7 Å². The number of nitrogens with two attached hydrogens (primary N) is 1. The highest BCUT2D eigenvalue weighted by molar-refractivity contribution is 7.90. The molecular weight excluding hydrogens is 304 g/mol. The monoisotopic (exact) mass is 324 g/mol. The summed E-state index contributed by atoms with van der Waals surface area (Å²) < 4.78 is 22.9. The zero-order valence-electron chi connectivity index (χ0n) is 12.5. The predicted octanol–water partition coefficient (Wildman–Crippen LogP) is 3.19. The summed E-state index contributed by atoms with van der Waals surface area (Å²) in [5.74, 6) is 0. The quantitative estimate of drug-likeness (QED) is 0.916. The molecule has 2 N–H and O–H groups in total. The van der Waals surface area contributed by atoms with Gasteiger partial charge in [-0.25, -0.2) is 13.4 Å². The van der Waals surface area contributed by atoms with Gasteiger partial charge in [0.2, 0.25) is 0 Å². The van der Waals surface area contributed by atoms with E-state index in [0.29, 0.717) is 4.90 Å². The first-order chi connectivity index (χ1) is 9.80. The van der Waals surface area contributed by atoms with Gasteiger partial charge in [-0.15, -0.1) is 11.3 Å². The molecule has 0 aliphatic carbocycles. The fourth-order valence-electron chi connectivity index (χ4n) is 2.06. The average Bonchev–Trinajstić information content (AvgIpc) is 2.96. The lowest BCUT2D eigenvalue weighted by atomic mass is 9.95. The van der Waals surface area contributed by atoms with Crippen LogP contribution in [0.5, 0.6) is 0 Å². The molecule has 0 amide bonds. The average molecular weight is 324 g/mol. The number of rotatable bonds is 5. The van der Waals surface area contributed by atoms with Crippen LogP contribution in [-0.2, 0) is 15.4 Å². The lowest BCUT2D eigenvalue weighted by Gasteiger charge is -2.23. The van der Waals surface area contributed by atoms with Gasteiger partial charge in [-0.3, -0.25) is 0 Å². The first-order valence-electron chi connectivity index (χ1n) is 6.85. The molecule has 1 aromatic heterocycles. The van der Waals surface area contributed by atoms with Gasteiger partial charge in [-0.1, -0.05) is 26.0 Å². The molecule has 0 aliphatic rings. The molecule has 0 unspecified atom stereocenters. The minimum Gasteiger partial charge on any atom is -0.319 e. The Kier molecular flexibility index (Phi) is 4.51. The van der Waals surface area contributed by atoms with Crippen LogP contribution in [0.25, 0.3) is 11.3 Å². The van der Waals surface area contributed by atoms with Gasteiger partial charge in [0.1, 0.15) is 5.01 Å². The summed E-state index contributed by atoms with van der Waals surface area (Å²) in [5.41, 5.74) is 7.72. The van der Waals surface area contributed by atoms with E-state index in [0.717, 1.165) is 29.1 Å². The highest BCUT2D eigenvalue weighted by Crippen LogP contribution is 2.31. The summed E-state index contributed by atoms with van der Waals surface area (Å²) in [4.78, 5) is 4.95. The van der Waals surface area contributed by atoms with Gasteiger partial charge in [-0.05, 0) is 25.0 Å². The van der Waals surface area contributed by atoms with Crippen molar-refractivity contribution in [2.24, 2.45) is 5.73 Å². The molecule has 21 heavy (non-hydrogen) atoms. The zero-order chi connectivity index (χ0) is 15.7. The molecule has 0 atom stereocenters. The molecule has 0 radical (unpaired) electrons. The van der Waals surface area contributed by atoms with Gasteiger partial charge >= 0.3 is 0 Å². The lowest BCUT2D eigenvalue weighted by molar-refractivity contribution is 0.411. The summed E-state index contributed by atoms with van der Waals surface area (Å²) >= 11 is 1.56. The van der Waals surface area contributed by atoms with Crippen LogP contribution in [0.2, 0.25) is 0 Å². The van der Waals surface area contributed by atoms with Crippen molar-refractivity contribution in [1.29, 1.82) is 0 Å². The second-order valence-corrected chi connectivity index (χ2v) is 8.07. The molecule has 1 heterocycles. The maximum Gasteiger partial charge on any atom is 0.175 e. The normalized spacial score (nSPS) is 12.6. The third-order valence-electron chi connectivity index (χ3n) is 3.77. The van der Waals surface area contributed by atoms with Crippen molar-refractivity contribution in [3.8, 4) is 11.3 Å². The SMILES string of the molecule is CCC(N)(CC)c1nc(-c2ccc(S(C)(=O)=O)cc2)cs1. The van der Waals surface area contributed by atoms with Crippen molar-refractivity contribution in [3.05, 3.63) is 34.7 Å². The number of benzene rings is 1. The fourth-order valence-corrected chi connectivity index (χ4v) is 3.78. The molecule has 2 rings (SSSR count). The number of sulfone groups is 1. The second kappa shape index (κ2) is 5.87. The van der Waals surface area contributed by atoms with Crippen LogP contribution in [0, 0.1) is 0 Å². The first kappa shape index (κ1) is 16.1. The third kappa shape index (κ3) is 3.33. The van der Waals surface area contributed by atoms with Crippen molar-refractivity contribution >= 4 is 21.2 Å². The molecular formula is C15H20N2O2S2. The van der Waals surface area contributed by atoms with E-state index in [1.54, 1.807) is 35.6 Å². The van der Waals surface area contributed by atoms with E-state index in [-0.39, 0.29) is 5.54 Å². The number of aromatic nitrogens is 1. The minimum absolute atomic E-state index is 0.317. The summed E-state index contributed by atoms with van der Waals surface area (Å²) in [6, 6.07) is 6.79. The Hall–Kier alpha value is -1.24. The molecule has 0 saturated carbocycles.